The van der Waals surface area contributed by atoms with Gasteiger partial charge in [-0.1, -0.05) is 42.1 Å². The first-order valence-corrected chi connectivity index (χ1v) is 9.40. The summed E-state index contributed by atoms with van der Waals surface area (Å²) in [5.74, 6) is 1.53. The Hall–Kier alpha value is -1.89. The van der Waals surface area contributed by atoms with Crippen molar-refractivity contribution in [3.63, 3.8) is 0 Å². The highest BCUT2D eigenvalue weighted by molar-refractivity contribution is 7.99. The van der Waals surface area contributed by atoms with E-state index < -0.39 is 0 Å². The molecular formula is C17H23N5OS. The summed E-state index contributed by atoms with van der Waals surface area (Å²) in [7, 11) is 1.81. The molecule has 128 valence electrons. The zero-order chi connectivity index (χ0) is 16.8. The molecule has 1 amide bonds. The molecule has 6 nitrogen and oxygen atoms in total. The van der Waals surface area contributed by atoms with E-state index in [1.807, 2.05) is 11.9 Å². The number of hydrogen-bond acceptors (Lipinski definition) is 5. The standard InChI is InChI=1S/C17H23N5OS/c1-21-17(18-19-20-21)24-13-10-16(23)22-11-5-8-15(9-12-22)14-6-3-2-4-7-14/h2-4,6-7,15H,5,8-13H2,1H3/t15-/m1/s1. The molecule has 0 N–H and O–H groups in total. The highest BCUT2D eigenvalue weighted by atomic mass is 32.2. The second-order valence-electron chi connectivity index (χ2n) is 6.10. The van der Waals surface area contributed by atoms with Crippen molar-refractivity contribution in [3.8, 4) is 0 Å². The third kappa shape index (κ3) is 4.35. The van der Waals surface area contributed by atoms with Crippen LogP contribution in [0.4, 0.5) is 0 Å². The Morgan fingerprint density at radius 3 is 2.83 bits per heavy atom. The molecule has 0 saturated carbocycles. The highest BCUT2D eigenvalue weighted by Crippen LogP contribution is 2.28. The SMILES string of the molecule is Cn1nnnc1SCCC(=O)N1CCC[C@@H](c2ccccc2)CC1. The molecule has 1 aromatic carbocycles. The number of thioether (sulfide) groups is 1. The average Bonchev–Trinajstić information content (AvgIpc) is 2.87. The van der Waals surface area contributed by atoms with Crippen molar-refractivity contribution < 1.29 is 4.79 Å². The number of aromatic nitrogens is 4. The van der Waals surface area contributed by atoms with E-state index in [9.17, 15) is 4.79 Å². The third-order valence-electron chi connectivity index (χ3n) is 4.48. The van der Waals surface area contributed by atoms with Crippen molar-refractivity contribution in [3.05, 3.63) is 35.9 Å². The van der Waals surface area contributed by atoms with Gasteiger partial charge in [-0.3, -0.25) is 4.79 Å². The van der Waals surface area contributed by atoms with Gasteiger partial charge in [0, 0.05) is 32.3 Å². The molecule has 1 saturated heterocycles. The van der Waals surface area contributed by atoms with Crippen LogP contribution in [0.1, 0.15) is 37.2 Å². The van der Waals surface area contributed by atoms with E-state index in [-0.39, 0.29) is 5.91 Å². The smallest absolute Gasteiger partial charge is 0.223 e. The van der Waals surface area contributed by atoms with Gasteiger partial charge in [-0.25, -0.2) is 4.68 Å². The minimum absolute atomic E-state index is 0.242. The van der Waals surface area contributed by atoms with Crippen molar-refractivity contribution in [2.45, 2.75) is 36.8 Å². The molecule has 1 atom stereocenters. The van der Waals surface area contributed by atoms with Crippen molar-refractivity contribution in [2.75, 3.05) is 18.8 Å². The molecule has 0 radical (unpaired) electrons. The molecule has 1 aliphatic heterocycles. The topological polar surface area (TPSA) is 63.9 Å². The fraction of sp³-hybridized carbons (Fsp3) is 0.529. The maximum absolute atomic E-state index is 12.5. The minimum Gasteiger partial charge on any atom is -0.343 e. The lowest BCUT2D eigenvalue weighted by molar-refractivity contribution is -0.130. The van der Waals surface area contributed by atoms with Crippen LogP contribution >= 0.6 is 11.8 Å². The number of rotatable bonds is 5. The number of likely N-dealkylation sites (tertiary alicyclic amines) is 1. The van der Waals surface area contributed by atoms with Crippen molar-refractivity contribution in [2.24, 2.45) is 7.05 Å². The van der Waals surface area contributed by atoms with Gasteiger partial charge < -0.3 is 4.90 Å². The highest BCUT2D eigenvalue weighted by Gasteiger charge is 2.21. The lowest BCUT2D eigenvalue weighted by Crippen LogP contribution is -2.32. The first-order chi connectivity index (χ1) is 11.7. The normalized spacial score (nSPS) is 18.4. The minimum atomic E-state index is 0.242. The van der Waals surface area contributed by atoms with Crippen molar-refractivity contribution >= 4 is 17.7 Å². The second kappa shape index (κ2) is 8.28. The average molecular weight is 345 g/mol. The molecule has 7 heteroatoms. The molecule has 1 fully saturated rings. The van der Waals surface area contributed by atoms with Crippen LogP contribution in [0.3, 0.4) is 0 Å². The van der Waals surface area contributed by atoms with Gasteiger partial charge in [0.25, 0.3) is 0 Å². The monoisotopic (exact) mass is 345 g/mol. The Labute approximate surface area is 146 Å². The Bertz CT molecular complexity index is 660. The van der Waals surface area contributed by atoms with E-state index in [1.54, 1.807) is 4.68 Å². The fourth-order valence-corrected chi connectivity index (χ4v) is 3.91. The quantitative estimate of drug-likeness (QED) is 0.779. The molecule has 1 aliphatic rings. The van der Waals surface area contributed by atoms with E-state index in [4.69, 9.17) is 0 Å². The Morgan fingerprint density at radius 2 is 2.08 bits per heavy atom. The van der Waals surface area contributed by atoms with E-state index in [0.29, 0.717) is 18.1 Å². The van der Waals surface area contributed by atoms with Gasteiger partial charge >= 0.3 is 0 Å². The number of tetrazole rings is 1. The summed E-state index contributed by atoms with van der Waals surface area (Å²) >= 11 is 1.53. The summed E-state index contributed by atoms with van der Waals surface area (Å²) in [4.78, 5) is 14.5. The number of carbonyl (C=O) groups excluding carboxylic acids is 1. The number of carbonyl (C=O) groups is 1. The number of benzene rings is 1. The number of nitrogens with zero attached hydrogens (tertiary/aromatic N) is 5. The number of amides is 1. The van der Waals surface area contributed by atoms with Gasteiger partial charge in [0.05, 0.1) is 0 Å². The maximum Gasteiger partial charge on any atom is 0.223 e. The van der Waals surface area contributed by atoms with Crippen LogP contribution in [0, 0.1) is 0 Å². The summed E-state index contributed by atoms with van der Waals surface area (Å²) in [5.41, 5.74) is 1.40. The number of hydrogen-bond donors (Lipinski definition) is 0. The summed E-state index contributed by atoms with van der Waals surface area (Å²) in [6, 6.07) is 10.7. The summed E-state index contributed by atoms with van der Waals surface area (Å²) in [6.07, 6.45) is 3.82. The maximum atomic E-state index is 12.5. The van der Waals surface area contributed by atoms with Crippen molar-refractivity contribution in [1.29, 1.82) is 0 Å². The molecule has 2 heterocycles. The van der Waals surface area contributed by atoms with Crippen molar-refractivity contribution in [1.82, 2.24) is 25.1 Å². The zero-order valence-electron chi connectivity index (χ0n) is 14.0. The number of aryl methyl sites for hydroxylation is 1. The van der Waals surface area contributed by atoms with Crippen LogP contribution in [0.2, 0.25) is 0 Å². The van der Waals surface area contributed by atoms with E-state index in [1.165, 1.54) is 17.3 Å². The van der Waals surface area contributed by atoms with Gasteiger partial charge in [-0.05, 0) is 41.2 Å². The molecular weight excluding hydrogens is 322 g/mol. The van der Waals surface area contributed by atoms with Gasteiger partial charge in [-0.2, -0.15) is 0 Å². The summed E-state index contributed by atoms with van der Waals surface area (Å²) < 4.78 is 1.63. The van der Waals surface area contributed by atoms with Crippen LogP contribution in [-0.2, 0) is 11.8 Å². The predicted molar refractivity (Wildman–Crippen MR) is 93.8 cm³/mol. The van der Waals surface area contributed by atoms with Crippen LogP contribution in [0.25, 0.3) is 0 Å². The molecule has 0 unspecified atom stereocenters. The Kier molecular flexibility index (Phi) is 5.85. The van der Waals surface area contributed by atoms with Crippen LogP contribution in [0.5, 0.6) is 0 Å². The van der Waals surface area contributed by atoms with E-state index in [2.05, 4.69) is 45.9 Å². The van der Waals surface area contributed by atoms with Gasteiger partial charge in [0.15, 0.2) is 0 Å². The van der Waals surface area contributed by atoms with Crippen LogP contribution in [-0.4, -0.2) is 49.9 Å². The van der Waals surface area contributed by atoms with Gasteiger partial charge in [0.2, 0.25) is 11.1 Å². The van der Waals surface area contributed by atoms with E-state index in [0.717, 1.165) is 37.5 Å². The Balaban J connectivity index is 1.47. The third-order valence-corrected chi connectivity index (χ3v) is 5.49. The Morgan fingerprint density at radius 1 is 1.25 bits per heavy atom. The van der Waals surface area contributed by atoms with Gasteiger partial charge in [0.1, 0.15) is 0 Å². The molecule has 2 aromatic rings. The predicted octanol–water partition coefficient (Wildman–Crippen LogP) is 2.49. The zero-order valence-corrected chi connectivity index (χ0v) is 14.8. The van der Waals surface area contributed by atoms with Crippen LogP contribution < -0.4 is 0 Å². The largest absolute Gasteiger partial charge is 0.343 e. The van der Waals surface area contributed by atoms with Gasteiger partial charge in [-0.15, -0.1) is 5.10 Å². The first kappa shape index (κ1) is 17.0. The molecule has 0 spiro atoms. The van der Waals surface area contributed by atoms with E-state index >= 15 is 0 Å². The lowest BCUT2D eigenvalue weighted by atomic mass is 9.92. The van der Waals surface area contributed by atoms with Crippen LogP contribution in [0.15, 0.2) is 35.5 Å². The second-order valence-corrected chi connectivity index (χ2v) is 7.16. The fourth-order valence-electron chi connectivity index (χ4n) is 3.14. The molecule has 0 aliphatic carbocycles. The molecule has 24 heavy (non-hydrogen) atoms. The molecule has 0 bridgehead atoms. The molecule has 1 aromatic heterocycles. The lowest BCUT2D eigenvalue weighted by Gasteiger charge is -2.20. The first-order valence-electron chi connectivity index (χ1n) is 8.42. The summed E-state index contributed by atoms with van der Waals surface area (Å²) in [5, 5.41) is 12.1. The summed E-state index contributed by atoms with van der Waals surface area (Å²) in [6.45, 7) is 1.73. The molecule has 3 rings (SSSR count).